The van der Waals surface area contributed by atoms with Crippen LogP contribution in [0.1, 0.15) is 52.0 Å². The Balaban J connectivity index is 1.69. The third-order valence-corrected chi connectivity index (χ3v) is 8.67. The number of hydrogen-bond donors (Lipinski definition) is 2. The second kappa shape index (κ2) is 11.9. The molecular formula is C30H30Cl3N2O3S+. The maximum atomic E-state index is 13.8. The molecule has 0 saturated carbocycles. The zero-order valence-electron chi connectivity index (χ0n) is 22.0. The van der Waals surface area contributed by atoms with Crippen molar-refractivity contribution in [2.45, 2.75) is 57.4 Å². The molecule has 9 heteroatoms. The van der Waals surface area contributed by atoms with Crippen LogP contribution in [-0.4, -0.2) is 33.1 Å². The Bertz CT molecular complexity index is 1450. The van der Waals surface area contributed by atoms with E-state index in [1.165, 1.54) is 0 Å². The number of benzene rings is 2. The zero-order chi connectivity index (χ0) is 28.5. The molecule has 1 amide bonds. The lowest BCUT2D eigenvalue weighted by atomic mass is 9.92. The molecule has 2 atom stereocenters. The van der Waals surface area contributed by atoms with Crippen molar-refractivity contribution in [2.24, 2.45) is 0 Å². The molecular weight excluding hydrogens is 575 g/mol. The highest BCUT2D eigenvalue weighted by atomic mass is 35.5. The smallest absolute Gasteiger partial charge is 0.331 e. The number of carbonyl (C=O) groups excluding carboxylic acids is 2. The van der Waals surface area contributed by atoms with Crippen molar-refractivity contribution in [3.63, 3.8) is 0 Å². The van der Waals surface area contributed by atoms with Gasteiger partial charge in [0.1, 0.15) is 5.02 Å². The van der Waals surface area contributed by atoms with Crippen molar-refractivity contribution in [3.8, 4) is 0 Å². The van der Waals surface area contributed by atoms with Crippen molar-refractivity contribution < 1.29 is 18.9 Å². The SMILES string of the molecule is C=CC(=O)OC1(S)CCCCC(C(C)NC(=O)C2=C(C)C(c3ccc(Cl)cc3)=[N+]2c2ccc(Cl)cc2Cl)=C1C. The minimum atomic E-state index is -1.06. The Kier molecular flexibility index (Phi) is 9.01. The lowest BCUT2D eigenvalue weighted by Crippen LogP contribution is -2.44. The number of esters is 1. The Morgan fingerprint density at radius 1 is 1.10 bits per heavy atom. The molecule has 5 nitrogen and oxygen atoms in total. The van der Waals surface area contributed by atoms with E-state index in [-0.39, 0.29) is 11.9 Å². The third kappa shape index (κ3) is 5.99. The van der Waals surface area contributed by atoms with E-state index >= 15 is 0 Å². The van der Waals surface area contributed by atoms with Crippen LogP contribution in [0.5, 0.6) is 0 Å². The Morgan fingerprint density at radius 2 is 1.77 bits per heavy atom. The second-order valence-corrected chi connectivity index (χ2v) is 11.7. The number of amides is 1. The molecule has 2 aromatic carbocycles. The molecule has 2 unspecified atom stereocenters. The number of halogens is 3. The van der Waals surface area contributed by atoms with Gasteiger partial charge in [-0.3, -0.25) is 4.79 Å². The molecule has 1 aliphatic heterocycles. The van der Waals surface area contributed by atoms with E-state index in [2.05, 4.69) is 11.9 Å². The summed E-state index contributed by atoms with van der Waals surface area (Å²) >= 11 is 23.6. The number of thiol groups is 1. The van der Waals surface area contributed by atoms with Crippen LogP contribution in [0.25, 0.3) is 0 Å². The standard InChI is InChI=1S/C30H29Cl3N2O3S/c1-5-26(36)38-30(39)15-7-6-8-23(18(30)3)19(4)34-29(37)28-17(2)27(20-9-11-21(31)12-10-20)35(28)25-14-13-22(32)16-24(25)33/h5,9-14,16,19H,1,6-8,15H2,2-4H3,(H-,34,37,39)/p+1. The Hall–Kier alpha value is -2.51. The highest BCUT2D eigenvalue weighted by Crippen LogP contribution is 2.40. The van der Waals surface area contributed by atoms with Gasteiger partial charge in [-0.1, -0.05) is 41.4 Å². The summed E-state index contributed by atoms with van der Waals surface area (Å²) in [7, 11) is 0. The maximum absolute atomic E-state index is 13.8. The average Bonchev–Trinajstić information content (AvgIpc) is 3.02. The number of ether oxygens (including phenoxy) is 1. The van der Waals surface area contributed by atoms with Crippen molar-refractivity contribution in [2.75, 3.05) is 0 Å². The van der Waals surface area contributed by atoms with Crippen LogP contribution in [0.2, 0.25) is 15.1 Å². The van der Waals surface area contributed by atoms with Crippen molar-refractivity contribution in [1.29, 1.82) is 0 Å². The number of carbonyl (C=O) groups is 2. The molecule has 1 N–H and O–H groups in total. The van der Waals surface area contributed by atoms with E-state index in [1.807, 2.05) is 49.6 Å². The van der Waals surface area contributed by atoms with Crippen LogP contribution >= 0.6 is 47.4 Å². The van der Waals surface area contributed by atoms with E-state index in [1.54, 1.807) is 18.2 Å². The number of allylic oxidation sites excluding steroid dienone is 1. The first kappa shape index (κ1) is 29.5. The summed E-state index contributed by atoms with van der Waals surface area (Å²) in [5, 5.41) is 4.71. The number of hydrogen-bond acceptors (Lipinski definition) is 4. The fraction of sp³-hybridized carbons (Fsp3) is 0.300. The van der Waals surface area contributed by atoms with Crippen LogP contribution < -0.4 is 5.32 Å². The molecule has 0 radical (unpaired) electrons. The summed E-state index contributed by atoms with van der Waals surface area (Å²) in [5.41, 5.74) is 5.52. The lowest BCUT2D eigenvalue weighted by Gasteiger charge is -2.31. The van der Waals surface area contributed by atoms with Crippen molar-refractivity contribution in [1.82, 2.24) is 5.32 Å². The summed E-state index contributed by atoms with van der Waals surface area (Å²) in [6.45, 7) is 9.25. The molecule has 1 heterocycles. The van der Waals surface area contributed by atoms with E-state index < -0.39 is 10.9 Å². The Morgan fingerprint density at radius 3 is 2.41 bits per heavy atom. The van der Waals surface area contributed by atoms with Gasteiger partial charge in [0.25, 0.3) is 5.70 Å². The van der Waals surface area contributed by atoms with Gasteiger partial charge >= 0.3 is 11.9 Å². The number of nitrogens with zero attached hydrogens (tertiary/aromatic N) is 1. The monoisotopic (exact) mass is 603 g/mol. The van der Waals surface area contributed by atoms with Crippen molar-refractivity contribution in [3.05, 3.63) is 98.2 Å². The van der Waals surface area contributed by atoms with Gasteiger partial charge in [0.15, 0.2) is 4.93 Å². The van der Waals surface area contributed by atoms with Gasteiger partial charge in [-0.25, -0.2) is 4.79 Å². The average molecular weight is 605 g/mol. The minimum absolute atomic E-state index is 0.249. The van der Waals surface area contributed by atoms with Gasteiger partial charge in [0, 0.05) is 40.2 Å². The fourth-order valence-electron chi connectivity index (χ4n) is 5.17. The Labute approximate surface area is 249 Å². The molecule has 204 valence electrons. The summed E-state index contributed by atoms with van der Waals surface area (Å²) in [6, 6.07) is 12.3. The van der Waals surface area contributed by atoms with Crippen LogP contribution in [0.15, 0.2) is 77.5 Å². The molecule has 2 aliphatic rings. The molecule has 0 aromatic heterocycles. The summed E-state index contributed by atoms with van der Waals surface area (Å²) in [5.74, 6) is -0.778. The molecule has 0 spiro atoms. The first-order valence-corrected chi connectivity index (χ1v) is 14.2. The van der Waals surface area contributed by atoms with Gasteiger partial charge < -0.3 is 10.1 Å². The first-order chi connectivity index (χ1) is 18.5. The second-order valence-electron chi connectivity index (χ2n) is 9.72. The van der Waals surface area contributed by atoms with Crippen molar-refractivity contribution >= 4 is 70.7 Å². The normalized spacial score (nSPS) is 20.3. The van der Waals surface area contributed by atoms with E-state index in [4.69, 9.17) is 52.2 Å². The summed E-state index contributed by atoms with van der Waals surface area (Å²) < 4.78 is 7.50. The molecule has 0 fully saturated rings. The number of rotatable bonds is 7. The maximum Gasteiger partial charge on any atom is 0.331 e. The predicted molar refractivity (Wildman–Crippen MR) is 161 cm³/mol. The van der Waals surface area contributed by atoms with Crippen LogP contribution in [0.3, 0.4) is 0 Å². The lowest BCUT2D eigenvalue weighted by molar-refractivity contribution is -0.391. The summed E-state index contributed by atoms with van der Waals surface area (Å²) in [6.07, 6.45) is 4.20. The molecule has 0 saturated heterocycles. The molecule has 4 rings (SSSR count). The van der Waals surface area contributed by atoms with Gasteiger partial charge in [0.2, 0.25) is 11.4 Å². The highest BCUT2D eigenvalue weighted by Gasteiger charge is 2.45. The molecule has 2 aromatic rings. The molecule has 39 heavy (non-hydrogen) atoms. The fourth-order valence-corrected chi connectivity index (χ4v) is 6.18. The summed E-state index contributed by atoms with van der Waals surface area (Å²) in [4.78, 5) is 24.8. The van der Waals surface area contributed by atoms with Crippen LogP contribution in [0.4, 0.5) is 5.69 Å². The molecule has 1 aliphatic carbocycles. The predicted octanol–water partition coefficient (Wildman–Crippen LogP) is 7.82. The number of nitrogens with one attached hydrogen (secondary N) is 1. The molecule has 0 bridgehead atoms. The minimum Gasteiger partial charge on any atom is -0.441 e. The van der Waals surface area contributed by atoms with Crippen LogP contribution in [0, 0.1) is 0 Å². The zero-order valence-corrected chi connectivity index (χ0v) is 25.1. The van der Waals surface area contributed by atoms with Gasteiger partial charge in [-0.15, -0.1) is 17.2 Å². The van der Waals surface area contributed by atoms with Gasteiger partial charge in [-0.05, 0) is 87.6 Å². The topological polar surface area (TPSA) is 58.4 Å². The quantitative estimate of drug-likeness (QED) is 0.0846. The van der Waals surface area contributed by atoms with E-state index in [0.717, 1.165) is 53.3 Å². The van der Waals surface area contributed by atoms with Crippen LogP contribution in [-0.2, 0) is 14.3 Å². The third-order valence-electron chi connectivity index (χ3n) is 7.23. The first-order valence-electron chi connectivity index (χ1n) is 12.6. The highest BCUT2D eigenvalue weighted by molar-refractivity contribution is 7.81. The van der Waals surface area contributed by atoms with Gasteiger partial charge in [0.05, 0.1) is 5.57 Å². The van der Waals surface area contributed by atoms with E-state index in [9.17, 15) is 9.59 Å². The van der Waals surface area contributed by atoms with Gasteiger partial charge in [-0.2, -0.15) is 0 Å². The van der Waals surface area contributed by atoms with E-state index in [0.29, 0.717) is 32.9 Å². The largest absolute Gasteiger partial charge is 0.441 e.